The Morgan fingerprint density at radius 1 is 0.973 bits per heavy atom. The molecule has 1 aromatic rings. The van der Waals surface area contributed by atoms with Gasteiger partial charge in [0.15, 0.2) is 0 Å². The number of allylic oxidation sites excluding steroid dienone is 2. The first-order chi connectivity index (χ1) is 17.7. The standard InChI is InChI=1S/C29H41N3O5/c1-29(2,3)37-28(34)32-16-12-21(13-17-32)20-36-26-10-8-23(9-11-26)22-4-6-24(7-5-22)27(33)31-18-14-25(30-35)15-19-31/h4,8-11,21,24,35H,5-7,12-20H2,1-3H3. The summed E-state index contributed by atoms with van der Waals surface area (Å²) in [5, 5.41) is 12.2. The van der Waals surface area contributed by atoms with Crippen LogP contribution in [-0.4, -0.2) is 71.1 Å². The minimum absolute atomic E-state index is 0.0423. The number of amides is 2. The van der Waals surface area contributed by atoms with Gasteiger partial charge in [-0.3, -0.25) is 4.79 Å². The molecule has 8 heteroatoms. The molecule has 2 saturated heterocycles. The molecule has 2 fully saturated rings. The summed E-state index contributed by atoms with van der Waals surface area (Å²) in [7, 11) is 0. The number of ether oxygens (including phenoxy) is 2. The maximum Gasteiger partial charge on any atom is 0.410 e. The van der Waals surface area contributed by atoms with Gasteiger partial charge in [0, 0.05) is 44.9 Å². The third kappa shape index (κ3) is 7.49. The first-order valence-electron chi connectivity index (χ1n) is 13.6. The highest BCUT2D eigenvalue weighted by Gasteiger charge is 2.29. The summed E-state index contributed by atoms with van der Waals surface area (Å²) in [6, 6.07) is 8.26. The van der Waals surface area contributed by atoms with Gasteiger partial charge < -0.3 is 24.5 Å². The van der Waals surface area contributed by atoms with E-state index in [2.05, 4.69) is 23.4 Å². The van der Waals surface area contributed by atoms with Crippen LogP contribution < -0.4 is 4.74 Å². The lowest BCUT2D eigenvalue weighted by molar-refractivity contribution is -0.135. The van der Waals surface area contributed by atoms with E-state index in [0.29, 0.717) is 51.5 Å². The molecule has 0 aromatic heterocycles. The number of carbonyl (C=O) groups excluding carboxylic acids is 2. The van der Waals surface area contributed by atoms with Crippen molar-refractivity contribution >= 4 is 23.3 Å². The Kier molecular flexibility index (Phi) is 8.77. The number of piperidine rings is 2. The minimum Gasteiger partial charge on any atom is -0.493 e. The van der Waals surface area contributed by atoms with Crippen molar-refractivity contribution in [3.05, 3.63) is 35.9 Å². The Morgan fingerprint density at radius 2 is 1.65 bits per heavy atom. The Labute approximate surface area is 220 Å². The molecule has 1 atom stereocenters. The third-order valence-corrected chi connectivity index (χ3v) is 7.53. The maximum atomic E-state index is 12.9. The smallest absolute Gasteiger partial charge is 0.410 e. The number of carbonyl (C=O) groups is 2. The van der Waals surface area contributed by atoms with Crippen molar-refractivity contribution in [2.45, 2.75) is 71.3 Å². The van der Waals surface area contributed by atoms with Gasteiger partial charge in [0.1, 0.15) is 11.4 Å². The highest BCUT2D eigenvalue weighted by molar-refractivity contribution is 5.88. The van der Waals surface area contributed by atoms with Crippen molar-refractivity contribution in [2.24, 2.45) is 17.0 Å². The molecule has 4 rings (SSSR count). The van der Waals surface area contributed by atoms with E-state index in [0.717, 1.165) is 43.6 Å². The van der Waals surface area contributed by atoms with Crippen LogP contribution in [0.15, 0.2) is 35.5 Å². The number of nitrogens with zero attached hydrogens (tertiary/aromatic N) is 3. The summed E-state index contributed by atoms with van der Waals surface area (Å²) in [6.45, 7) is 9.02. The second kappa shape index (κ2) is 12.0. The normalized spacial score (nSPS) is 21.3. The van der Waals surface area contributed by atoms with E-state index in [4.69, 9.17) is 14.7 Å². The fourth-order valence-corrected chi connectivity index (χ4v) is 5.25. The summed E-state index contributed by atoms with van der Waals surface area (Å²) in [5.74, 6) is 1.56. The zero-order valence-corrected chi connectivity index (χ0v) is 22.4. The monoisotopic (exact) mass is 511 g/mol. The Bertz CT molecular complexity index is 993. The van der Waals surface area contributed by atoms with Crippen LogP contribution in [0.25, 0.3) is 5.57 Å². The first-order valence-corrected chi connectivity index (χ1v) is 13.6. The summed E-state index contributed by atoms with van der Waals surface area (Å²) >= 11 is 0. The largest absolute Gasteiger partial charge is 0.493 e. The molecule has 0 bridgehead atoms. The summed E-state index contributed by atoms with van der Waals surface area (Å²) in [5.41, 5.74) is 2.79. The molecule has 0 saturated carbocycles. The average molecular weight is 512 g/mol. The lowest BCUT2D eigenvalue weighted by Crippen LogP contribution is -2.42. The van der Waals surface area contributed by atoms with Crippen LogP contribution in [0.1, 0.15) is 71.3 Å². The van der Waals surface area contributed by atoms with Gasteiger partial charge in [0.25, 0.3) is 0 Å². The van der Waals surface area contributed by atoms with Crippen LogP contribution in [0.4, 0.5) is 4.79 Å². The highest BCUT2D eigenvalue weighted by atomic mass is 16.6. The zero-order chi connectivity index (χ0) is 26.4. The molecule has 1 N–H and O–H groups in total. The van der Waals surface area contributed by atoms with Gasteiger partial charge in [-0.2, -0.15) is 0 Å². The molecule has 1 aromatic carbocycles. The molecular formula is C29H41N3O5. The highest BCUT2D eigenvalue weighted by Crippen LogP contribution is 2.32. The maximum absolute atomic E-state index is 12.9. The van der Waals surface area contributed by atoms with Crippen molar-refractivity contribution in [3.63, 3.8) is 0 Å². The molecular weight excluding hydrogens is 470 g/mol. The molecule has 202 valence electrons. The molecule has 8 nitrogen and oxygen atoms in total. The zero-order valence-electron chi connectivity index (χ0n) is 22.4. The van der Waals surface area contributed by atoms with E-state index < -0.39 is 5.60 Å². The van der Waals surface area contributed by atoms with Gasteiger partial charge in [-0.1, -0.05) is 23.4 Å². The fourth-order valence-electron chi connectivity index (χ4n) is 5.25. The first kappa shape index (κ1) is 27.0. The molecule has 1 unspecified atom stereocenters. The lowest BCUT2D eigenvalue weighted by atomic mass is 9.85. The van der Waals surface area contributed by atoms with Crippen molar-refractivity contribution < 1.29 is 24.3 Å². The Morgan fingerprint density at radius 3 is 2.22 bits per heavy atom. The van der Waals surface area contributed by atoms with Crippen molar-refractivity contribution in [1.29, 1.82) is 0 Å². The topological polar surface area (TPSA) is 91.7 Å². The minimum atomic E-state index is -0.467. The Balaban J connectivity index is 1.20. The summed E-state index contributed by atoms with van der Waals surface area (Å²) < 4.78 is 11.5. The van der Waals surface area contributed by atoms with Crippen LogP contribution >= 0.6 is 0 Å². The fraction of sp³-hybridized carbons (Fsp3) is 0.621. The number of oxime groups is 1. The quantitative estimate of drug-likeness (QED) is 0.425. The van der Waals surface area contributed by atoms with E-state index in [9.17, 15) is 9.59 Å². The number of benzene rings is 1. The average Bonchev–Trinajstić information content (AvgIpc) is 2.91. The van der Waals surface area contributed by atoms with Gasteiger partial charge in [-0.15, -0.1) is 0 Å². The van der Waals surface area contributed by atoms with Crippen molar-refractivity contribution in [2.75, 3.05) is 32.8 Å². The third-order valence-electron chi connectivity index (χ3n) is 7.53. The molecule has 0 spiro atoms. The van der Waals surface area contributed by atoms with E-state index in [-0.39, 0.29) is 17.9 Å². The molecule has 3 aliphatic rings. The van der Waals surface area contributed by atoms with E-state index >= 15 is 0 Å². The van der Waals surface area contributed by atoms with Gasteiger partial charge in [-0.05, 0) is 82.1 Å². The van der Waals surface area contributed by atoms with Crippen LogP contribution in [0.5, 0.6) is 5.75 Å². The molecule has 1 aliphatic carbocycles. The summed E-state index contributed by atoms with van der Waals surface area (Å²) in [4.78, 5) is 28.9. The van der Waals surface area contributed by atoms with Crippen LogP contribution in [0, 0.1) is 11.8 Å². The molecule has 2 amide bonds. The Hall–Kier alpha value is -3.03. The lowest BCUT2D eigenvalue weighted by Gasteiger charge is -2.33. The molecule has 2 aliphatic heterocycles. The van der Waals surface area contributed by atoms with Crippen LogP contribution in [-0.2, 0) is 9.53 Å². The van der Waals surface area contributed by atoms with Gasteiger partial charge in [-0.25, -0.2) is 4.79 Å². The molecule has 2 heterocycles. The van der Waals surface area contributed by atoms with Gasteiger partial charge in [0.05, 0.1) is 12.3 Å². The predicted molar refractivity (Wildman–Crippen MR) is 143 cm³/mol. The van der Waals surface area contributed by atoms with Crippen molar-refractivity contribution in [1.82, 2.24) is 9.80 Å². The number of hydrogen-bond donors (Lipinski definition) is 1. The number of likely N-dealkylation sites (tertiary alicyclic amines) is 2. The number of rotatable bonds is 5. The second-order valence-electron chi connectivity index (χ2n) is 11.4. The second-order valence-corrected chi connectivity index (χ2v) is 11.4. The van der Waals surface area contributed by atoms with Crippen LogP contribution in [0.2, 0.25) is 0 Å². The van der Waals surface area contributed by atoms with Crippen LogP contribution in [0.3, 0.4) is 0 Å². The van der Waals surface area contributed by atoms with Crippen molar-refractivity contribution in [3.8, 4) is 5.75 Å². The predicted octanol–water partition coefficient (Wildman–Crippen LogP) is 5.35. The van der Waals surface area contributed by atoms with E-state index in [1.807, 2.05) is 37.8 Å². The number of hydrogen-bond acceptors (Lipinski definition) is 6. The molecule has 0 radical (unpaired) electrons. The SMILES string of the molecule is CC(C)(C)OC(=O)N1CCC(COc2ccc(C3=CCC(C(=O)N4CCC(=NO)CC4)CC3)cc2)CC1. The van der Waals surface area contributed by atoms with E-state index in [1.54, 1.807) is 4.90 Å². The van der Waals surface area contributed by atoms with Gasteiger partial charge in [0.2, 0.25) is 5.91 Å². The summed E-state index contributed by atoms with van der Waals surface area (Å²) in [6.07, 6.45) is 7.66. The van der Waals surface area contributed by atoms with E-state index in [1.165, 1.54) is 11.1 Å². The molecule has 37 heavy (non-hydrogen) atoms. The van der Waals surface area contributed by atoms with Gasteiger partial charge >= 0.3 is 6.09 Å².